The molecule has 3 aromatic rings. The van der Waals surface area contributed by atoms with Crippen molar-refractivity contribution in [1.82, 2.24) is 20.3 Å². The van der Waals surface area contributed by atoms with Crippen LogP contribution in [0.25, 0.3) is 11.0 Å². The van der Waals surface area contributed by atoms with Crippen LogP contribution in [0.4, 0.5) is 11.5 Å². The van der Waals surface area contributed by atoms with Crippen molar-refractivity contribution in [3.05, 3.63) is 47.9 Å². The van der Waals surface area contributed by atoms with Crippen molar-refractivity contribution in [2.45, 2.75) is 45.6 Å². The number of rotatable bonds is 7. The van der Waals surface area contributed by atoms with Gasteiger partial charge in [-0.1, -0.05) is 32.0 Å². The van der Waals surface area contributed by atoms with Crippen molar-refractivity contribution in [1.29, 1.82) is 0 Å². The van der Waals surface area contributed by atoms with Crippen LogP contribution >= 0.6 is 0 Å². The predicted molar refractivity (Wildman–Crippen MR) is 121 cm³/mol. The Morgan fingerprint density at radius 1 is 1.20 bits per heavy atom. The number of piperidine rings is 1. The third-order valence-corrected chi connectivity index (χ3v) is 5.84. The molecule has 1 fully saturated rings. The molecule has 1 saturated heterocycles. The molecular weight excluding hydrogens is 376 g/mol. The van der Waals surface area contributed by atoms with E-state index in [-0.39, 0.29) is 18.5 Å². The highest BCUT2D eigenvalue weighted by atomic mass is 16.2. The van der Waals surface area contributed by atoms with Crippen LogP contribution in [0.5, 0.6) is 0 Å². The lowest BCUT2D eigenvalue weighted by Gasteiger charge is -2.34. The maximum absolute atomic E-state index is 12.7. The highest BCUT2D eigenvalue weighted by Gasteiger charge is 2.24. The van der Waals surface area contributed by atoms with Crippen LogP contribution in [-0.2, 0) is 17.6 Å². The van der Waals surface area contributed by atoms with Crippen LogP contribution in [0.3, 0.4) is 0 Å². The fraction of sp³-hybridized carbons (Fsp3) is 0.435. The molecule has 0 spiro atoms. The smallest absolute Gasteiger partial charge is 0.239 e. The molecule has 1 aliphatic heterocycles. The number of para-hydroxylation sites is 1. The van der Waals surface area contributed by atoms with Crippen LogP contribution in [0, 0.1) is 0 Å². The molecule has 1 amide bonds. The van der Waals surface area contributed by atoms with Gasteiger partial charge in [-0.25, -0.2) is 9.97 Å². The Morgan fingerprint density at radius 2 is 2.00 bits per heavy atom. The van der Waals surface area contributed by atoms with Gasteiger partial charge in [0.2, 0.25) is 5.91 Å². The van der Waals surface area contributed by atoms with Crippen molar-refractivity contribution in [3.63, 3.8) is 0 Å². The fourth-order valence-corrected chi connectivity index (χ4v) is 4.32. The first-order valence-electron chi connectivity index (χ1n) is 10.9. The summed E-state index contributed by atoms with van der Waals surface area (Å²) in [5, 5.41) is 7.62. The van der Waals surface area contributed by atoms with Gasteiger partial charge in [0.15, 0.2) is 0 Å². The standard InChI is InChI=1S/C23H30N6O/c1-3-16-7-5-8-17(4-2)21(16)25-13-20(30)28-18-9-6-12-29(14-18)23-19-10-11-24-22(19)26-15-27-23/h5,7-8,10-11,15,18,25H,3-4,6,9,12-14H2,1-2H3,(H,28,30)(H,24,26,27)/t18-/m1/s1. The summed E-state index contributed by atoms with van der Waals surface area (Å²) in [4.78, 5) is 26.8. The predicted octanol–water partition coefficient (Wildman–Crippen LogP) is 3.28. The summed E-state index contributed by atoms with van der Waals surface area (Å²) in [5.41, 5.74) is 4.46. The zero-order chi connectivity index (χ0) is 20.9. The molecule has 2 aromatic heterocycles. The minimum absolute atomic E-state index is 0.0317. The van der Waals surface area contributed by atoms with E-state index in [2.05, 4.69) is 62.5 Å². The minimum atomic E-state index is 0.0317. The van der Waals surface area contributed by atoms with E-state index in [1.54, 1.807) is 6.33 Å². The quantitative estimate of drug-likeness (QED) is 0.561. The zero-order valence-electron chi connectivity index (χ0n) is 17.7. The van der Waals surface area contributed by atoms with Crippen molar-refractivity contribution in [2.24, 2.45) is 0 Å². The van der Waals surface area contributed by atoms with Crippen molar-refractivity contribution in [2.75, 3.05) is 29.9 Å². The summed E-state index contributed by atoms with van der Waals surface area (Å²) < 4.78 is 0. The van der Waals surface area contributed by atoms with Crippen molar-refractivity contribution < 1.29 is 4.79 Å². The number of carbonyl (C=O) groups is 1. The number of benzene rings is 1. The van der Waals surface area contributed by atoms with E-state index < -0.39 is 0 Å². The summed E-state index contributed by atoms with van der Waals surface area (Å²) in [6, 6.07) is 8.47. The number of hydrogen-bond donors (Lipinski definition) is 3. The van der Waals surface area contributed by atoms with Gasteiger partial charge in [0.1, 0.15) is 17.8 Å². The number of hydrogen-bond acceptors (Lipinski definition) is 5. The molecule has 1 aromatic carbocycles. The van der Waals surface area contributed by atoms with E-state index in [1.807, 2.05) is 12.3 Å². The highest BCUT2D eigenvalue weighted by Crippen LogP contribution is 2.25. The Hall–Kier alpha value is -3.09. The summed E-state index contributed by atoms with van der Waals surface area (Å²) in [5.74, 6) is 0.965. The summed E-state index contributed by atoms with van der Waals surface area (Å²) >= 11 is 0. The van der Waals surface area contributed by atoms with E-state index in [0.29, 0.717) is 0 Å². The van der Waals surface area contributed by atoms with Gasteiger partial charge in [0.25, 0.3) is 0 Å². The summed E-state index contributed by atoms with van der Waals surface area (Å²) in [6.07, 6.45) is 7.37. The maximum atomic E-state index is 12.7. The molecule has 3 heterocycles. The summed E-state index contributed by atoms with van der Waals surface area (Å²) in [7, 11) is 0. The van der Waals surface area contributed by atoms with Crippen LogP contribution in [0.2, 0.25) is 0 Å². The number of fused-ring (bicyclic) bond motifs is 1. The van der Waals surface area contributed by atoms with Crippen LogP contribution in [-0.4, -0.2) is 46.5 Å². The third-order valence-electron chi connectivity index (χ3n) is 5.84. The molecule has 0 radical (unpaired) electrons. The molecule has 0 bridgehead atoms. The molecule has 1 aliphatic rings. The first-order chi connectivity index (χ1) is 14.7. The highest BCUT2D eigenvalue weighted by molar-refractivity contribution is 5.87. The van der Waals surface area contributed by atoms with Gasteiger partial charge < -0.3 is 20.5 Å². The van der Waals surface area contributed by atoms with E-state index in [0.717, 1.165) is 61.3 Å². The molecule has 0 unspecified atom stereocenters. The van der Waals surface area contributed by atoms with Gasteiger partial charge in [-0.3, -0.25) is 4.79 Å². The monoisotopic (exact) mass is 406 g/mol. The Labute approximate surface area is 177 Å². The molecule has 3 N–H and O–H groups in total. The van der Waals surface area contributed by atoms with Crippen LogP contribution in [0.15, 0.2) is 36.8 Å². The van der Waals surface area contributed by atoms with Crippen LogP contribution < -0.4 is 15.5 Å². The number of amides is 1. The number of H-pyrrole nitrogens is 1. The molecule has 7 nitrogen and oxygen atoms in total. The fourth-order valence-electron chi connectivity index (χ4n) is 4.32. The van der Waals surface area contributed by atoms with Crippen LogP contribution in [0.1, 0.15) is 37.8 Å². The average molecular weight is 407 g/mol. The molecule has 4 rings (SSSR count). The largest absolute Gasteiger partial charge is 0.376 e. The first kappa shape index (κ1) is 20.2. The van der Waals surface area contributed by atoms with E-state index >= 15 is 0 Å². The first-order valence-corrected chi connectivity index (χ1v) is 10.9. The zero-order valence-corrected chi connectivity index (χ0v) is 17.7. The minimum Gasteiger partial charge on any atom is -0.376 e. The topological polar surface area (TPSA) is 85.9 Å². The molecule has 158 valence electrons. The molecule has 1 atom stereocenters. The number of nitrogens with zero attached hydrogens (tertiary/aromatic N) is 3. The maximum Gasteiger partial charge on any atom is 0.239 e. The molecule has 30 heavy (non-hydrogen) atoms. The van der Waals surface area contributed by atoms with Crippen molar-refractivity contribution >= 4 is 28.4 Å². The van der Waals surface area contributed by atoms with Gasteiger partial charge in [0, 0.05) is 31.0 Å². The lowest BCUT2D eigenvalue weighted by atomic mass is 10.0. The molecule has 0 saturated carbocycles. The lowest BCUT2D eigenvalue weighted by molar-refractivity contribution is -0.120. The summed E-state index contributed by atoms with van der Waals surface area (Å²) in [6.45, 7) is 6.27. The molecule has 7 heteroatoms. The lowest BCUT2D eigenvalue weighted by Crippen LogP contribution is -2.49. The second-order valence-electron chi connectivity index (χ2n) is 7.80. The normalized spacial score (nSPS) is 16.6. The van der Waals surface area contributed by atoms with E-state index in [9.17, 15) is 4.79 Å². The van der Waals surface area contributed by atoms with Gasteiger partial charge in [-0.05, 0) is 42.9 Å². The van der Waals surface area contributed by atoms with Gasteiger partial charge >= 0.3 is 0 Å². The second kappa shape index (κ2) is 9.15. The Balaban J connectivity index is 1.38. The number of aromatic amines is 1. The number of aromatic nitrogens is 3. The SMILES string of the molecule is CCc1cccc(CC)c1NCC(=O)N[C@@H]1CCCN(c2ncnc3[nH]ccc23)C1. The molecular formula is C23H30N6O. The average Bonchev–Trinajstić information content (AvgIpc) is 3.26. The number of anilines is 2. The van der Waals surface area contributed by atoms with Crippen molar-refractivity contribution in [3.8, 4) is 0 Å². The van der Waals surface area contributed by atoms with Gasteiger partial charge in [-0.15, -0.1) is 0 Å². The number of nitrogens with one attached hydrogen (secondary N) is 3. The molecule has 0 aliphatic carbocycles. The van der Waals surface area contributed by atoms with Gasteiger partial charge in [-0.2, -0.15) is 0 Å². The number of carbonyl (C=O) groups excluding carboxylic acids is 1. The van der Waals surface area contributed by atoms with Gasteiger partial charge in [0.05, 0.1) is 11.9 Å². The van der Waals surface area contributed by atoms with E-state index in [1.165, 1.54) is 11.1 Å². The number of aryl methyl sites for hydroxylation is 2. The Bertz CT molecular complexity index is 992. The third kappa shape index (κ3) is 4.25. The Kier molecular flexibility index (Phi) is 6.16. The van der Waals surface area contributed by atoms with E-state index in [4.69, 9.17) is 0 Å². The Morgan fingerprint density at radius 3 is 2.77 bits per heavy atom. The second-order valence-corrected chi connectivity index (χ2v) is 7.80.